The minimum absolute atomic E-state index is 0.0565. The number of rotatable bonds is 7. The maximum absolute atomic E-state index is 12.4. The van der Waals surface area contributed by atoms with Crippen LogP contribution in [0.2, 0.25) is 0 Å². The number of nitro groups is 1. The van der Waals surface area contributed by atoms with Crippen molar-refractivity contribution >= 4 is 69.7 Å². The third kappa shape index (κ3) is 5.55. The summed E-state index contributed by atoms with van der Waals surface area (Å²) in [7, 11) is 0. The number of H-pyrrole nitrogens is 1. The average Bonchev–Trinajstić information content (AvgIpc) is 3.29. The van der Waals surface area contributed by atoms with E-state index in [1.54, 1.807) is 6.92 Å². The van der Waals surface area contributed by atoms with E-state index in [9.17, 15) is 24.5 Å². The molecule has 3 heterocycles. The molecule has 0 bridgehead atoms. The van der Waals surface area contributed by atoms with E-state index < -0.39 is 32.4 Å². The highest BCUT2D eigenvalue weighted by Gasteiger charge is 2.37. The molecular formula is C16H16Cl3N9O6. The Morgan fingerprint density at radius 1 is 1.35 bits per heavy atom. The Labute approximate surface area is 204 Å². The maximum Gasteiger partial charge on any atom is 0.409 e. The molecule has 2 amide bonds. The maximum atomic E-state index is 12.4. The van der Waals surface area contributed by atoms with Gasteiger partial charge in [-0.3, -0.25) is 29.8 Å². The molecule has 15 nitrogen and oxygen atoms in total. The van der Waals surface area contributed by atoms with Gasteiger partial charge in [-0.05, 0) is 4.92 Å². The number of alkyl carbamates (subject to hydrolysis) is 1. The van der Waals surface area contributed by atoms with Gasteiger partial charge in [0.2, 0.25) is 15.6 Å². The predicted octanol–water partition coefficient (Wildman–Crippen LogP) is 1.79. The lowest BCUT2D eigenvalue weighted by molar-refractivity contribution is -0.392. The van der Waals surface area contributed by atoms with Crippen LogP contribution in [0.1, 0.15) is 18.9 Å². The van der Waals surface area contributed by atoms with Gasteiger partial charge in [0.25, 0.3) is 5.56 Å². The third-order valence-electron chi connectivity index (χ3n) is 4.34. The first-order chi connectivity index (χ1) is 15.9. The lowest BCUT2D eigenvalue weighted by atomic mass is 10.4. The van der Waals surface area contributed by atoms with Crippen LogP contribution in [0.3, 0.4) is 0 Å². The number of aromatic amines is 1. The zero-order chi connectivity index (χ0) is 25.2. The molecule has 0 saturated carbocycles. The highest BCUT2D eigenvalue weighted by Crippen LogP contribution is 2.37. The first kappa shape index (κ1) is 25.2. The number of aromatic nitrogens is 6. The Morgan fingerprint density at radius 3 is 2.68 bits per heavy atom. The molecule has 3 aromatic heterocycles. The summed E-state index contributed by atoms with van der Waals surface area (Å²) >= 11 is 18.1. The fourth-order valence-corrected chi connectivity index (χ4v) is 3.39. The number of fused-ring (bicyclic) bond motifs is 1. The van der Waals surface area contributed by atoms with Crippen LogP contribution in [0.4, 0.5) is 16.6 Å². The number of alkyl halides is 3. The molecule has 0 aliphatic heterocycles. The number of imidazole rings is 2. The number of hydrogen-bond donors (Lipinski definition) is 3. The van der Waals surface area contributed by atoms with E-state index in [4.69, 9.17) is 39.5 Å². The molecule has 34 heavy (non-hydrogen) atoms. The first-order valence-corrected chi connectivity index (χ1v) is 10.4. The lowest BCUT2D eigenvalue weighted by Crippen LogP contribution is -2.41. The number of nitrogens with one attached hydrogen (secondary N) is 3. The van der Waals surface area contributed by atoms with Crippen LogP contribution in [-0.4, -0.2) is 56.4 Å². The molecule has 0 fully saturated rings. The van der Waals surface area contributed by atoms with E-state index in [0.717, 1.165) is 17.1 Å². The molecule has 3 rings (SSSR count). The molecule has 1 unspecified atom stereocenters. The summed E-state index contributed by atoms with van der Waals surface area (Å²) in [6, 6.07) is 0. The number of nitrogens with zero attached hydrogens (tertiary/aromatic N) is 6. The SMILES string of the molecule is CC(=O)Nc1nc2c(ncn2C(NC(=O)OCCn2c([N+](=O)[O-])cnc2C)C(Cl)(Cl)Cl)c(=O)[nH]1. The van der Waals surface area contributed by atoms with Crippen LogP contribution in [0.15, 0.2) is 17.3 Å². The molecule has 3 aromatic rings. The Bertz CT molecular complexity index is 1310. The van der Waals surface area contributed by atoms with Crippen LogP contribution < -0.4 is 16.2 Å². The van der Waals surface area contributed by atoms with E-state index in [-0.39, 0.29) is 36.1 Å². The van der Waals surface area contributed by atoms with Gasteiger partial charge in [0.05, 0.1) is 6.33 Å². The summed E-state index contributed by atoms with van der Waals surface area (Å²) in [4.78, 5) is 60.6. The molecule has 18 heteroatoms. The normalized spacial score (nSPS) is 12.4. The lowest BCUT2D eigenvalue weighted by Gasteiger charge is -2.26. The third-order valence-corrected chi connectivity index (χ3v) is 4.96. The van der Waals surface area contributed by atoms with Crippen molar-refractivity contribution < 1.29 is 19.2 Å². The molecule has 0 aliphatic rings. The van der Waals surface area contributed by atoms with E-state index in [1.807, 2.05) is 0 Å². The highest BCUT2D eigenvalue weighted by atomic mass is 35.6. The van der Waals surface area contributed by atoms with Crippen molar-refractivity contribution in [3.8, 4) is 0 Å². The molecule has 3 N–H and O–H groups in total. The number of carbonyl (C=O) groups is 2. The van der Waals surface area contributed by atoms with E-state index >= 15 is 0 Å². The Kier molecular flexibility index (Phi) is 7.28. The van der Waals surface area contributed by atoms with Gasteiger partial charge in [-0.2, -0.15) is 4.98 Å². The minimum Gasteiger partial charge on any atom is -0.445 e. The number of carbonyl (C=O) groups excluding carboxylic acids is 2. The second kappa shape index (κ2) is 9.82. The molecule has 0 spiro atoms. The fourth-order valence-electron chi connectivity index (χ4n) is 2.91. The van der Waals surface area contributed by atoms with Gasteiger partial charge in [0, 0.05) is 13.8 Å². The zero-order valence-corrected chi connectivity index (χ0v) is 19.7. The minimum atomic E-state index is -2.16. The quantitative estimate of drug-likeness (QED) is 0.229. The van der Waals surface area contributed by atoms with Gasteiger partial charge < -0.3 is 14.9 Å². The summed E-state index contributed by atoms with van der Waals surface area (Å²) in [6.45, 7) is 2.44. The number of ether oxygens (including phenoxy) is 1. The van der Waals surface area contributed by atoms with Gasteiger partial charge >= 0.3 is 11.9 Å². The molecule has 0 radical (unpaired) electrons. The van der Waals surface area contributed by atoms with Gasteiger partial charge in [0.1, 0.15) is 19.3 Å². The van der Waals surface area contributed by atoms with E-state index in [1.165, 1.54) is 11.5 Å². The highest BCUT2D eigenvalue weighted by molar-refractivity contribution is 6.68. The van der Waals surface area contributed by atoms with E-state index in [0.29, 0.717) is 5.82 Å². The van der Waals surface area contributed by atoms with Crippen molar-refractivity contribution in [1.29, 1.82) is 0 Å². The van der Waals surface area contributed by atoms with Gasteiger partial charge in [-0.25, -0.2) is 19.3 Å². The number of hydrogen-bond acceptors (Lipinski definition) is 9. The van der Waals surface area contributed by atoms with Crippen LogP contribution in [0, 0.1) is 17.0 Å². The smallest absolute Gasteiger partial charge is 0.409 e. The molecular weight excluding hydrogens is 521 g/mol. The summed E-state index contributed by atoms with van der Waals surface area (Å²) in [5, 5.41) is 15.7. The second-order valence-electron chi connectivity index (χ2n) is 6.72. The Morgan fingerprint density at radius 2 is 2.06 bits per heavy atom. The predicted molar refractivity (Wildman–Crippen MR) is 120 cm³/mol. The number of halogens is 3. The van der Waals surface area contributed by atoms with Crippen LogP contribution in [-0.2, 0) is 16.1 Å². The average molecular weight is 537 g/mol. The largest absolute Gasteiger partial charge is 0.445 e. The first-order valence-electron chi connectivity index (χ1n) is 9.29. The Balaban J connectivity index is 1.80. The summed E-state index contributed by atoms with van der Waals surface area (Å²) in [5.74, 6) is -0.598. The summed E-state index contributed by atoms with van der Waals surface area (Å²) in [5.41, 5.74) is -0.935. The van der Waals surface area contributed by atoms with Gasteiger partial charge in [-0.15, -0.1) is 0 Å². The number of aryl methyl sites for hydroxylation is 1. The van der Waals surface area contributed by atoms with Crippen molar-refractivity contribution in [2.24, 2.45) is 0 Å². The molecule has 0 saturated heterocycles. The van der Waals surface area contributed by atoms with Crippen molar-refractivity contribution in [1.82, 2.24) is 34.4 Å². The molecule has 0 aromatic carbocycles. The van der Waals surface area contributed by atoms with Gasteiger partial charge in [-0.1, -0.05) is 34.8 Å². The topological polar surface area (TPSA) is 192 Å². The van der Waals surface area contributed by atoms with Crippen LogP contribution in [0.5, 0.6) is 0 Å². The van der Waals surface area contributed by atoms with Gasteiger partial charge in [0.15, 0.2) is 23.2 Å². The van der Waals surface area contributed by atoms with Crippen LogP contribution >= 0.6 is 34.8 Å². The fraction of sp³-hybridized carbons (Fsp3) is 0.375. The monoisotopic (exact) mass is 535 g/mol. The molecule has 0 aliphatic carbocycles. The Hall–Kier alpha value is -3.43. The van der Waals surface area contributed by atoms with Crippen molar-refractivity contribution in [2.75, 3.05) is 11.9 Å². The zero-order valence-electron chi connectivity index (χ0n) is 17.4. The van der Waals surface area contributed by atoms with Crippen molar-refractivity contribution in [2.45, 2.75) is 30.4 Å². The second-order valence-corrected chi connectivity index (χ2v) is 9.09. The summed E-state index contributed by atoms with van der Waals surface area (Å²) in [6.07, 6.45) is -0.290. The van der Waals surface area contributed by atoms with Crippen molar-refractivity contribution in [3.05, 3.63) is 38.8 Å². The van der Waals surface area contributed by atoms with Crippen LogP contribution in [0.25, 0.3) is 11.2 Å². The standard InChI is InChI=1S/C16H16Cl3N9O6/c1-7-20-5-9(28(32)33)26(7)3-4-34-15(31)25-13(16(17,18)19)27-6-21-10-11(27)23-14(22-8(2)29)24-12(10)30/h5-6,13H,3-4H2,1-2H3,(H,25,31)(H2,22,23,24,29,30). The van der Waals surface area contributed by atoms with Crippen molar-refractivity contribution in [3.63, 3.8) is 0 Å². The molecule has 1 atom stereocenters. The molecule has 182 valence electrons. The number of amides is 2. The van der Waals surface area contributed by atoms with E-state index in [2.05, 4.69) is 30.6 Å². The number of anilines is 1. The summed E-state index contributed by atoms with van der Waals surface area (Å²) < 4.78 is 5.26.